The third-order valence-corrected chi connectivity index (χ3v) is 4.58. The van der Waals surface area contributed by atoms with Gasteiger partial charge in [0, 0.05) is 6.20 Å². The molecule has 0 bridgehead atoms. The van der Waals surface area contributed by atoms with Gasteiger partial charge in [0.25, 0.3) is 10.0 Å². The molecular formula is C14H15NO4S. The summed E-state index contributed by atoms with van der Waals surface area (Å²) >= 11 is 0. The molecule has 0 radical (unpaired) electrons. The van der Waals surface area contributed by atoms with Crippen molar-refractivity contribution in [1.82, 2.24) is 3.97 Å². The fourth-order valence-corrected chi connectivity index (χ4v) is 3.25. The quantitative estimate of drug-likeness (QED) is 0.813. The van der Waals surface area contributed by atoms with Crippen molar-refractivity contribution in [3.8, 4) is 0 Å². The number of esters is 1. The van der Waals surface area contributed by atoms with Gasteiger partial charge in [-0.2, -0.15) is 0 Å². The molecule has 0 unspecified atom stereocenters. The van der Waals surface area contributed by atoms with Crippen LogP contribution in [0.15, 0.2) is 41.4 Å². The van der Waals surface area contributed by atoms with Crippen molar-refractivity contribution in [2.24, 2.45) is 0 Å². The molecule has 106 valence electrons. The summed E-state index contributed by atoms with van der Waals surface area (Å²) in [6, 6.07) is 7.93. The third kappa shape index (κ3) is 2.46. The minimum atomic E-state index is -3.80. The number of benzene rings is 1. The molecule has 0 saturated heterocycles. The van der Waals surface area contributed by atoms with E-state index in [0.29, 0.717) is 5.56 Å². The number of ether oxygens (including phenoxy) is 1. The van der Waals surface area contributed by atoms with Crippen LogP contribution in [0.2, 0.25) is 0 Å². The van der Waals surface area contributed by atoms with Crippen molar-refractivity contribution in [3.63, 3.8) is 0 Å². The molecule has 0 fully saturated rings. The first-order valence-corrected chi connectivity index (χ1v) is 7.40. The number of carbonyl (C=O) groups is 1. The Morgan fingerprint density at radius 3 is 2.25 bits per heavy atom. The second kappa shape index (κ2) is 5.13. The second-order valence-corrected chi connectivity index (χ2v) is 6.32. The topological polar surface area (TPSA) is 65.4 Å². The van der Waals surface area contributed by atoms with E-state index in [2.05, 4.69) is 4.74 Å². The highest BCUT2D eigenvalue weighted by Crippen LogP contribution is 2.19. The van der Waals surface area contributed by atoms with Crippen molar-refractivity contribution in [3.05, 3.63) is 53.3 Å². The summed E-state index contributed by atoms with van der Waals surface area (Å²) in [6.45, 7) is 3.59. The van der Waals surface area contributed by atoms with Crippen molar-refractivity contribution in [2.75, 3.05) is 7.11 Å². The molecule has 6 heteroatoms. The van der Waals surface area contributed by atoms with E-state index in [-0.39, 0.29) is 10.6 Å². The Morgan fingerprint density at radius 2 is 1.70 bits per heavy atom. The predicted octanol–water partition coefficient (Wildman–Crippen LogP) is 2.13. The van der Waals surface area contributed by atoms with Crippen LogP contribution in [0.4, 0.5) is 0 Å². The molecule has 1 heterocycles. The molecule has 0 N–H and O–H groups in total. The van der Waals surface area contributed by atoms with E-state index in [1.807, 2.05) is 6.92 Å². The molecule has 0 spiro atoms. The maximum atomic E-state index is 12.6. The largest absolute Gasteiger partial charge is 0.464 e. The number of aromatic nitrogens is 1. The summed E-state index contributed by atoms with van der Waals surface area (Å²) in [4.78, 5) is 11.8. The molecule has 0 aliphatic heterocycles. The Bertz CT molecular complexity index is 742. The first-order valence-electron chi connectivity index (χ1n) is 5.96. The molecule has 2 rings (SSSR count). The Morgan fingerprint density at radius 1 is 1.10 bits per heavy atom. The van der Waals surface area contributed by atoms with Gasteiger partial charge in [0.05, 0.1) is 12.0 Å². The molecular weight excluding hydrogens is 278 g/mol. The van der Waals surface area contributed by atoms with Gasteiger partial charge in [-0.05, 0) is 37.6 Å². The Hall–Kier alpha value is -2.08. The minimum Gasteiger partial charge on any atom is -0.464 e. The third-order valence-electron chi connectivity index (χ3n) is 2.90. The summed E-state index contributed by atoms with van der Waals surface area (Å²) < 4.78 is 30.7. The van der Waals surface area contributed by atoms with Crippen LogP contribution < -0.4 is 0 Å². The zero-order valence-corrected chi connectivity index (χ0v) is 12.3. The molecule has 0 amide bonds. The highest BCUT2D eigenvalue weighted by atomic mass is 32.2. The second-order valence-electron chi connectivity index (χ2n) is 4.51. The summed E-state index contributed by atoms with van der Waals surface area (Å²) in [5.74, 6) is -0.686. The maximum Gasteiger partial charge on any atom is 0.355 e. The van der Waals surface area contributed by atoms with Crippen molar-refractivity contribution >= 4 is 16.0 Å². The number of rotatable bonds is 3. The lowest BCUT2D eigenvalue weighted by molar-refractivity contribution is 0.0593. The van der Waals surface area contributed by atoms with E-state index in [1.165, 1.54) is 31.5 Å². The molecule has 0 aliphatic rings. The molecule has 20 heavy (non-hydrogen) atoms. The summed E-state index contributed by atoms with van der Waals surface area (Å²) in [5, 5.41) is 0. The van der Waals surface area contributed by atoms with Gasteiger partial charge < -0.3 is 4.74 Å². The van der Waals surface area contributed by atoms with Gasteiger partial charge in [0.2, 0.25) is 0 Å². The molecule has 1 aromatic heterocycles. The normalized spacial score (nSPS) is 11.3. The van der Waals surface area contributed by atoms with Crippen LogP contribution in [0, 0.1) is 13.8 Å². The first kappa shape index (κ1) is 14.3. The zero-order valence-electron chi connectivity index (χ0n) is 11.5. The maximum absolute atomic E-state index is 12.6. The van der Waals surface area contributed by atoms with E-state index in [1.54, 1.807) is 19.1 Å². The van der Waals surface area contributed by atoms with Crippen LogP contribution in [0.3, 0.4) is 0 Å². The molecule has 2 aromatic rings. The van der Waals surface area contributed by atoms with Crippen LogP contribution in [0.5, 0.6) is 0 Å². The summed E-state index contributed by atoms with van der Waals surface area (Å²) in [7, 11) is -2.59. The number of hydrogen-bond acceptors (Lipinski definition) is 4. The Balaban J connectivity index is 2.60. The SMILES string of the molecule is COC(=O)c1cc(C)cn1S(=O)(=O)c1ccc(C)cc1. The van der Waals surface area contributed by atoms with Crippen molar-refractivity contribution < 1.29 is 17.9 Å². The van der Waals surface area contributed by atoms with Crippen LogP contribution >= 0.6 is 0 Å². The number of methoxy groups -OCH3 is 1. The Kier molecular flexibility index (Phi) is 3.67. The van der Waals surface area contributed by atoms with Crippen LogP contribution in [-0.2, 0) is 14.8 Å². The molecule has 0 atom stereocenters. The lowest BCUT2D eigenvalue weighted by Crippen LogP contribution is -2.18. The van der Waals surface area contributed by atoms with E-state index in [0.717, 1.165) is 9.54 Å². The van der Waals surface area contributed by atoms with Gasteiger partial charge >= 0.3 is 5.97 Å². The monoisotopic (exact) mass is 293 g/mol. The highest BCUT2D eigenvalue weighted by molar-refractivity contribution is 7.90. The van der Waals surface area contributed by atoms with E-state index < -0.39 is 16.0 Å². The Labute approximate surface area is 117 Å². The lowest BCUT2D eigenvalue weighted by Gasteiger charge is -2.09. The van der Waals surface area contributed by atoms with Gasteiger partial charge in [-0.1, -0.05) is 17.7 Å². The van der Waals surface area contributed by atoms with Crippen molar-refractivity contribution in [1.29, 1.82) is 0 Å². The average molecular weight is 293 g/mol. The fourth-order valence-electron chi connectivity index (χ4n) is 1.85. The van der Waals surface area contributed by atoms with Gasteiger partial charge in [-0.3, -0.25) is 0 Å². The fraction of sp³-hybridized carbons (Fsp3) is 0.214. The molecule has 5 nitrogen and oxygen atoms in total. The van der Waals surface area contributed by atoms with Crippen LogP contribution in [0.1, 0.15) is 21.6 Å². The molecule has 0 aliphatic carbocycles. The predicted molar refractivity (Wildman–Crippen MR) is 74.3 cm³/mol. The molecule has 0 saturated carbocycles. The van der Waals surface area contributed by atoms with Crippen LogP contribution in [-0.4, -0.2) is 25.5 Å². The highest BCUT2D eigenvalue weighted by Gasteiger charge is 2.24. The standard InChI is InChI=1S/C14H15NO4S/c1-10-4-6-12(7-5-10)20(17,18)15-9-11(2)8-13(15)14(16)19-3/h4-9H,1-3H3. The number of nitrogens with zero attached hydrogens (tertiary/aromatic N) is 1. The van der Waals surface area contributed by atoms with Gasteiger partial charge in [-0.25, -0.2) is 17.2 Å². The van der Waals surface area contributed by atoms with E-state index >= 15 is 0 Å². The van der Waals surface area contributed by atoms with E-state index in [4.69, 9.17) is 0 Å². The number of hydrogen-bond donors (Lipinski definition) is 0. The lowest BCUT2D eigenvalue weighted by atomic mass is 10.2. The average Bonchev–Trinajstić information content (AvgIpc) is 2.81. The minimum absolute atomic E-state index is 0.00873. The van der Waals surface area contributed by atoms with Gasteiger partial charge in [0.1, 0.15) is 5.69 Å². The molecule has 1 aromatic carbocycles. The smallest absolute Gasteiger partial charge is 0.355 e. The first-order chi connectivity index (χ1) is 9.36. The zero-order chi connectivity index (χ0) is 14.9. The number of carbonyl (C=O) groups excluding carboxylic acids is 1. The summed E-state index contributed by atoms with van der Waals surface area (Å²) in [6.07, 6.45) is 1.40. The van der Waals surface area contributed by atoms with Crippen molar-refractivity contribution in [2.45, 2.75) is 18.7 Å². The summed E-state index contributed by atoms with van der Waals surface area (Å²) in [5.41, 5.74) is 1.62. The number of aryl methyl sites for hydroxylation is 2. The van der Waals surface area contributed by atoms with E-state index in [9.17, 15) is 13.2 Å². The van der Waals surface area contributed by atoms with Gasteiger partial charge in [-0.15, -0.1) is 0 Å². The van der Waals surface area contributed by atoms with Gasteiger partial charge in [0.15, 0.2) is 0 Å². The van der Waals surface area contributed by atoms with Crippen LogP contribution in [0.25, 0.3) is 0 Å².